The summed E-state index contributed by atoms with van der Waals surface area (Å²) in [5.41, 5.74) is 0. The Kier molecular flexibility index (Phi) is 20.9. The number of unbranched alkanes of at least 4 members (excludes halogenated alkanes) is 1. The first-order chi connectivity index (χ1) is 4.27. The molecule has 0 aliphatic rings. The summed E-state index contributed by atoms with van der Waals surface area (Å²) in [6.07, 6.45) is 1.92. The van der Waals surface area contributed by atoms with Crippen molar-refractivity contribution in [3.8, 4) is 0 Å². The van der Waals surface area contributed by atoms with Crippen molar-refractivity contribution in [2.45, 2.75) is 32.8 Å². The van der Waals surface area contributed by atoms with E-state index in [9.17, 15) is 0 Å². The molecule has 0 aromatic heterocycles. The predicted octanol–water partition coefficient (Wildman–Crippen LogP) is 2.03. The number of aliphatic hydroxyl groups excluding tert-OH is 1. The van der Waals surface area contributed by atoms with Gasteiger partial charge in [-0.05, 0) is 13.3 Å². The normalized spacial score (nSPS) is 11.2. The monoisotopic (exact) mass is 204 g/mol. The quantitative estimate of drug-likeness (QED) is 0.696. The molecule has 1 atom stereocenters. The third-order valence-electron chi connectivity index (χ3n) is 1.00. The molecule has 0 radical (unpaired) electrons. The number of hydrogen-bond donors (Lipinski definition) is 1. The molecule has 0 aromatic carbocycles. The minimum Gasteiger partial charge on any atom is -0.391 e. The molecule has 2 nitrogen and oxygen atoms in total. The molecule has 11 heavy (non-hydrogen) atoms. The number of ether oxygens (including phenoxy) is 1. The summed E-state index contributed by atoms with van der Waals surface area (Å²) >= 11 is 0. The molecule has 72 valence electrons. The van der Waals surface area contributed by atoms with Gasteiger partial charge in [0.2, 0.25) is 0 Å². The van der Waals surface area contributed by atoms with Gasteiger partial charge in [0, 0.05) is 6.61 Å². The van der Waals surface area contributed by atoms with Crippen LogP contribution in [0, 0.1) is 0 Å². The summed E-state index contributed by atoms with van der Waals surface area (Å²) in [5, 5.41) is 8.73. The van der Waals surface area contributed by atoms with E-state index in [2.05, 4.69) is 6.92 Å². The maximum Gasteiger partial charge on any atom is 0.0745 e. The van der Waals surface area contributed by atoms with E-state index in [1.165, 1.54) is 0 Å². The molecule has 0 aliphatic heterocycles. The molecule has 0 rings (SSSR count). The first-order valence-corrected chi connectivity index (χ1v) is 3.53. The Balaban J connectivity index is -0.000000320. The van der Waals surface area contributed by atoms with Gasteiger partial charge in [-0.1, -0.05) is 13.3 Å². The number of aliphatic hydroxyl groups is 1. The van der Waals surface area contributed by atoms with Crippen molar-refractivity contribution < 1.29 is 9.84 Å². The van der Waals surface area contributed by atoms with Gasteiger partial charge in [-0.15, -0.1) is 24.8 Å². The fourth-order valence-corrected chi connectivity index (χ4v) is 0.500. The molecule has 0 aliphatic carbocycles. The van der Waals surface area contributed by atoms with Crippen LogP contribution in [0.15, 0.2) is 0 Å². The Labute approximate surface area is 81.1 Å². The van der Waals surface area contributed by atoms with E-state index in [0.717, 1.165) is 19.4 Å². The summed E-state index contributed by atoms with van der Waals surface area (Å²) in [5.74, 6) is 0. The van der Waals surface area contributed by atoms with E-state index in [-0.39, 0.29) is 30.9 Å². The Bertz CT molecular complexity index is 60.4. The van der Waals surface area contributed by atoms with E-state index >= 15 is 0 Å². The molecule has 0 aromatic rings. The van der Waals surface area contributed by atoms with Crippen LogP contribution in [0.5, 0.6) is 0 Å². The first kappa shape index (κ1) is 17.5. The zero-order valence-electron chi connectivity index (χ0n) is 7.08. The van der Waals surface area contributed by atoms with E-state index in [1.807, 2.05) is 0 Å². The summed E-state index contributed by atoms with van der Waals surface area (Å²) in [4.78, 5) is 0. The molecule has 0 fully saturated rings. The molecule has 1 N–H and O–H groups in total. The Morgan fingerprint density at radius 3 is 2.27 bits per heavy atom. The van der Waals surface area contributed by atoms with Crippen molar-refractivity contribution in [1.29, 1.82) is 0 Å². The topological polar surface area (TPSA) is 29.5 Å². The van der Waals surface area contributed by atoms with Crippen molar-refractivity contribution >= 4 is 24.8 Å². The second-order valence-corrected chi connectivity index (χ2v) is 2.28. The molecule has 0 amide bonds. The van der Waals surface area contributed by atoms with Crippen LogP contribution in [0.25, 0.3) is 0 Å². The van der Waals surface area contributed by atoms with Crippen LogP contribution in [-0.2, 0) is 4.74 Å². The average molecular weight is 205 g/mol. The largest absolute Gasteiger partial charge is 0.391 e. The predicted molar refractivity (Wildman–Crippen MR) is 51.9 cm³/mol. The first-order valence-electron chi connectivity index (χ1n) is 3.53. The number of rotatable bonds is 5. The Morgan fingerprint density at radius 1 is 1.36 bits per heavy atom. The average Bonchev–Trinajstić information content (AvgIpc) is 1.80. The van der Waals surface area contributed by atoms with Crippen LogP contribution in [0.1, 0.15) is 26.7 Å². The molecular formula is C7H18Cl2O2. The molecule has 0 bridgehead atoms. The van der Waals surface area contributed by atoms with Gasteiger partial charge in [-0.3, -0.25) is 0 Å². The smallest absolute Gasteiger partial charge is 0.0745 e. The van der Waals surface area contributed by atoms with Crippen LogP contribution in [0.4, 0.5) is 0 Å². The summed E-state index contributed by atoms with van der Waals surface area (Å²) < 4.78 is 5.09. The molecule has 4 heteroatoms. The molecular weight excluding hydrogens is 187 g/mol. The minimum absolute atomic E-state index is 0. The maximum absolute atomic E-state index is 8.73. The fourth-order valence-electron chi connectivity index (χ4n) is 0.500. The standard InChI is InChI=1S/C7H16O2.2ClH/c1-3-4-5-9-6-7(2)8;;/h7-8H,3-6H2,1-2H3;2*1H. The Hall–Kier alpha value is 0.500. The van der Waals surface area contributed by atoms with Crippen molar-refractivity contribution in [3.63, 3.8) is 0 Å². The summed E-state index contributed by atoms with van der Waals surface area (Å²) in [6, 6.07) is 0. The number of hydrogen-bond acceptors (Lipinski definition) is 2. The van der Waals surface area contributed by atoms with Gasteiger partial charge in [-0.25, -0.2) is 0 Å². The van der Waals surface area contributed by atoms with Crippen molar-refractivity contribution in [2.24, 2.45) is 0 Å². The zero-order valence-corrected chi connectivity index (χ0v) is 8.71. The molecule has 1 unspecified atom stereocenters. The lowest BCUT2D eigenvalue weighted by atomic mass is 10.4. The highest BCUT2D eigenvalue weighted by Crippen LogP contribution is 1.89. The van der Waals surface area contributed by atoms with Gasteiger partial charge in [0.05, 0.1) is 12.7 Å². The lowest BCUT2D eigenvalue weighted by molar-refractivity contribution is 0.0450. The van der Waals surface area contributed by atoms with E-state index in [0.29, 0.717) is 6.61 Å². The van der Waals surface area contributed by atoms with E-state index in [4.69, 9.17) is 9.84 Å². The van der Waals surface area contributed by atoms with Crippen molar-refractivity contribution in [2.75, 3.05) is 13.2 Å². The van der Waals surface area contributed by atoms with Crippen molar-refractivity contribution in [3.05, 3.63) is 0 Å². The van der Waals surface area contributed by atoms with Crippen LogP contribution in [-0.4, -0.2) is 24.4 Å². The number of halogens is 2. The third kappa shape index (κ3) is 18.0. The van der Waals surface area contributed by atoms with Crippen LogP contribution in [0.2, 0.25) is 0 Å². The summed E-state index contributed by atoms with van der Waals surface area (Å²) in [7, 11) is 0. The zero-order chi connectivity index (χ0) is 7.11. The lowest BCUT2D eigenvalue weighted by Gasteiger charge is -2.03. The van der Waals surface area contributed by atoms with Gasteiger partial charge < -0.3 is 9.84 Å². The Morgan fingerprint density at radius 2 is 1.91 bits per heavy atom. The molecule has 0 saturated carbocycles. The second-order valence-electron chi connectivity index (χ2n) is 2.28. The molecule has 0 heterocycles. The SMILES string of the molecule is CCCCOCC(C)O.Cl.Cl. The third-order valence-corrected chi connectivity index (χ3v) is 1.00. The highest BCUT2D eigenvalue weighted by Gasteiger charge is 1.92. The minimum atomic E-state index is -0.318. The van der Waals surface area contributed by atoms with E-state index < -0.39 is 0 Å². The molecule has 0 saturated heterocycles. The maximum atomic E-state index is 8.73. The summed E-state index contributed by atoms with van der Waals surface area (Å²) in [6.45, 7) is 5.10. The van der Waals surface area contributed by atoms with Crippen LogP contribution < -0.4 is 0 Å². The van der Waals surface area contributed by atoms with Gasteiger partial charge in [-0.2, -0.15) is 0 Å². The fraction of sp³-hybridized carbons (Fsp3) is 1.00. The van der Waals surface area contributed by atoms with Gasteiger partial charge in [0.25, 0.3) is 0 Å². The van der Waals surface area contributed by atoms with Crippen LogP contribution in [0.3, 0.4) is 0 Å². The van der Waals surface area contributed by atoms with Gasteiger partial charge in [0.1, 0.15) is 0 Å². The van der Waals surface area contributed by atoms with Gasteiger partial charge in [0.15, 0.2) is 0 Å². The molecule has 0 spiro atoms. The van der Waals surface area contributed by atoms with Crippen molar-refractivity contribution in [1.82, 2.24) is 0 Å². The van der Waals surface area contributed by atoms with Gasteiger partial charge >= 0.3 is 0 Å². The van der Waals surface area contributed by atoms with Crippen LogP contribution >= 0.6 is 24.8 Å². The second kappa shape index (κ2) is 13.1. The highest BCUT2D eigenvalue weighted by atomic mass is 35.5. The van der Waals surface area contributed by atoms with E-state index in [1.54, 1.807) is 6.92 Å². The highest BCUT2D eigenvalue weighted by molar-refractivity contribution is 5.85. The lowest BCUT2D eigenvalue weighted by Crippen LogP contribution is -2.10.